The first-order valence-corrected chi connectivity index (χ1v) is 10.3. The number of halogens is 2. The summed E-state index contributed by atoms with van der Waals surface area (Å²) in [4.78, 5) is 36.1. The fraction of sp³-hybridized carbons (Fsp3) is 0.174. The van der Waals surface area contributed by atoms with Crippen LogP contribution in [0, 0.1) is 0 Å². The molecule has 0 heterocycles. The second-order valence-corrected chi connectivity index (χ2v) is 7.64. The molecule has 0 aromatic heterocycles. The van der Waals surface area contributed by atoms with E-state index in [1.54, 1.807) is 0 Å². The molecule has 0 bridgehead atoms. The van der Waals surface area contributed by atoms with Crippen molar-refractivity contribution in [3.8, 4) is 0 Å². The van der Waals surface area contributed by atoms with Gasteiger partial charge in [0.05, 0.1) is 16.1 Å². The molecule has 0 aliphatic rings. The average Bonchev–Trinajstić information content (AvgIpc) is 2.77. The third kappa shape index (κ3) is 5.96. The smallest absolute Gasteiger partial charge is 0.325 e. The number of hydrogen-bond acceptors (Lipinski definition) is 4. The number of carbonyl (C=O) groups is 3. The van der Waals surface area contributed by atoms with Crippen molar-refractivity contribution in [3.63, 3.8) is 0 Å². The van der Waals surface area contributed by atoms with Gasteiger partial charge in [0.15, 0.2) is 6.61 Å². The lowest BCUT2D eigenvalue weighted by molar-refractivity contribution is -0.147. The Balaban J connectivity index is 1.47. The number of benzene rings is 3. The molecule has 1 atom stereocenters. The maximum Gasteiger partial charge on any atom is 0.325 e. The predicted octanol–water partition coefficient (Wildman–Crippen LogP) is 4.30. The van der Waals surface area contributed by atoms with E-state index in [1.165, 1.54) is 18.2 Å². The van der Waals surface area contributed by atoms with Crippen LogP contribution in [-0.4, -0.2) is 30.9 Å². The van der Waals surface area contributed by atoms with Crippen LogP contribution in [-0.2, 0) is 14.3 Å². The number of fused-ring (bicyclic) bond motifs is 1. The Labute approximate surface area is 189 Å². The molecule has 3 rings (SSSR count). The highest BCUT2D eigenvalue weighted by Gasteiger charge is 2.15. The summed E-state index contributed by atoms with van der Waals surface area (Å²) in [6.07, 6.45) is 0. The molecule has 0 saturated carbocycles. The Morgan fingerprint density at radius 3 is 2.48 bits per heavy atom. The number of carbonyl (C=O) groups excluding carboxylic acids is 3. The minimum absolute atomic E-state index is 0.230. The largest absolute Gasteiger partial charge is 0.454 e. The van der Waals surface area contributed by atoms with Crippen molar-refractivity contribution >= 4 is 51.8 Å². The van der Waals surface area contributed by atoms with Crippen molar-refractivity contribution in [2.24, 2.45) is 0 Å². The second-order valence-electron chi connectivity index (χ2n) is 6.83. The van der Waals surface area contributed by atoms with Gasteiger partial charge in [-0.2, -0.15) is 0 Å². The van der Waals surface area contributed by atoms with Crippen LogP contribution in [0.2, 0.25) is 10.0 Å². The van der Waals surface area contributed by atoms with E-state index < -0.39 is 24.4 Å². The summed E-state index contributed by atoms with van der Waals surface area (Å²) < 4.78 is 4.94. The van der Waals surface area contributed by atoms with Crippen LogP contribution >= 0.6 is 23.2 Å². The molecule has 0 spiro atoms. The molecule has 0 saturated heterocycles. The first kappa shape index (κ1) is 22.6. The molecule has 0 aliphatic heterocycles. The van der Waals surface area contributed by atoms with Gasteiger partial charge in [-0.15, -0.1) is 0 Å². The van der Waals surface area contributed by atoms with Gasteiger partial charge in [-0.05, 0) is 41.5 Å². The monoisotopic (exact) mass is 458 g/mol. The van der Waals surface area contributed by atoms with Crippen molar-refractivity contribution in [2.45, 2.75) is 13.0 Å². The summed E-state index contributed by atoms with van der Waals surface area (Å²) in [5, 5.41) is 7.89. The van der Waals surface area contributed by atoms with Crippen molar-refractivity contribution in [3.05, 3.63) is 81.8 Å². The third-order valence-electron chi connectivity index (χ3n) is 4.61. The molecular weight excluding hydrogens is 439 g/mol. The van der Waals surface area contributed by atoms with Crippen LogP contribution in [0.15, 0.2) is 60.7 Å². The molecule has 2 N–H and O–H groups in total. The van der Waals surface area contributed by atoms with Gasteiger partial charge in [0.1, 0.15) is 6.54 Å². The number of esters is 1. The van der Waals surface area contributed by atoms with Gasteiger partial charge in [0.25, 0.3) is 11.8 Å². The molecule has 3 aromatic rings. The molecule has 160 valence electrons. The summed E-state index contributed by atoms with van der Waals surface area (Å²) in [5.41, 5.74) is 1.22. The van der Waals surface area contributed by atoms with E-state index in [4.69, 9.17) is 27.9 Å². The maximum absolute atomic E-state index is 12.2. The standard InChI is InChI=1S/C23H20Cl2N2O4/c1-14(17-8-4-6-15-5-2-3-7-18(15)17)27-21(28)13-31-22(29)12-26-23(30)16-9-10-19(24)20(25)11-16/h2-11,14H,12-13H2,1H3,(H,26,30)(H,27,28). The van der Waals surface area contributed by atoms with E-state index in [9.17, 15) is 14.4 Å². The zero-order valence-electron chi connectivity index (χ0n) is 16.7. The SMILES string of the molecule is CC(NC(=O)COC(=O)CNC(=O)c1ccc(Cl)c(Cl)c1)c1cccc2ccccc12. The highest BCUT2D eigenvalue weighted by Crippen LogP contribution is 2.24. The van der Waals surface area contributed by atoms with Crippen LogP contribution < -0.4 is 10.6 Å². The first-order chi connectivity index (χ1) is 14.8. The van der Waals surface area contributed by atoms with Gasteiger partial charge in [0, 0.05) is 5.56 Å². The van der Waals surface area contributed by atoms with Gasteiger partial charge in [-0.25, -0.2) is 0 Å². The fourth-order valence-electron chi connectivity index (χ4n) is 3.08. The van der Waals surface area contributed by atoms with Crippen LogP contribution in [0.25, 0.3) is 10.8 Å². The molecule has 0 radical (unpaired) electrons. The zero-order valence-corrected chi connectivity index (χ0v) is 18.2. The lowest BCUT2D eigenvalue weighted by Gasteiger charge is -2.16. The van der Waals surface area contributed by atoms with Crippen LogP contribution in [0.1, 0.15) is 28.9 Å². The summed E-state index contributed by atoms with van der Waals surface area (Å²) >= 11 is 11.7. The summed E-state index contributed by atoms with van der Waals surface area (Å²) in [7, 11) is 0. The van der Waals surface area contributed by atoms with Crippen LogP contribution in [0.3, 0.4) is 0 Å². The molecule has 31 heavy (non-hydrogen) atoms. The van der Waals surface area contributed by atoms with Gasteiger partial charge in [-0.3, -0.25) is 14.4 Å². The lowest BCUT2D eigenvalue weighted by Crippen LogP contribution is -2.34. The van der Waals surface area contributed by atoms with Crippen molar-refractivity contribution in [1.29, 1.82) is 0 Å². The predicted molar refractivity (Wildman–Crippen MR) is 120 cm³/mol. The summed E-state index contributed by atoms with van der Waals surface area (Å²) in [5.74, 6) is -1.68. The van der Waals surface area contributed by atoms with Gasteiger partial charge in [0.2, 0.25) is 0 Å². The van der Waals surface area contributed by atoms with E-state index in [0.717, 1.165) is 16.3 Å². The minimum atomic E-state index is -0.735. The fourth-order valence-corrected chi connectivity index (χ4v) is 3.38. The second kappa shape index (κ2) is 10.3. The Morgan fingerprint density at radius 2 is 1.71 bits per heavy atom. The van der Waals surface area contributed by atoms with E-state index in [2.05, 4.69) is 10.6 Å². The quantitative estimate of drug-likeness (QED) is 0.517. The Kier molecular flexibility index (Phi) is 7.50. The summed E-state index contributed by atoms with van der Waals surface area (Å²) in [6, 6.07) is 17.8. The van der Waals surface area contributed by atoms with Gasteiger partial charge in [-0.1, -0.05) is 65.7 Å². The van der Waals surface area contributed by atoms with Crippen molar-refractivity contribution < 1.29 is 19.1 Å². The highest BCUT2D eigenvalue weighted by molar-refractivity contribution is 6.42. The molecule has 0 aliphatic carbocycles. The molecule has 2 amide bonds. The molecule has 6 nitrogen and oxygen atoms in total. The zero-order chi connectivity index (χ0) is 22.4. The highest BCUT2D eigenvalue weighted by atomic mass is 35.5. The lowest BCUT2D eigenvalue weighted by atomic mass is 10.00. The van der Waals surface area contributed by atoms with E-state index in [-0.39, 0.29) is 23.2 Å². The molecule has 3 aromatic carbocycles. The number of amides is 2. The molecule has 0 fully saturated rings. The van der Waals surface area contributed by atoms with Crippen molar-refractivity contribution in [2.75, 3.05) is 13.2 Å². The van der Waals surface area contributed by atoms with Crippen molar-refractivity contribution in [1.82, 2.24) is 10.6 Å². The number of hydrogen-bond donors (Lipinski definition) is 2. The number of nitrogens with one attached hydrogen (secondary N) is 2. The summed E-state index contributed by atoms with van der Waals surface area (Å²) in [6.45, 7) is 1.03. The van der Waals surface area contributed by atoms with E-state index in [1.807, 2.05) is 49.4 Å². The van der Waals surface area contributed by atoms with E-state index >= 15 is 0 Å². The Hall–Kier alpha value is -3.09. The third-order valence-corrected chi connectivity index (χ3v) is 5.35. The van der Waals surface area contributed by atoms with Gasteiger partial charge >= 0.3 is 5.97 Å². The average molecular weight is 459 g/mol. The normalized spacial score (nSPS) is 11.6. The Morgan fingerprint density at radius 1 is 0.968 bits per heavy atom. The topological polar surface area (TPSA) is 84.5 Å². The first-order valence-electron chi connectivity index (χ1n) is 9.51. The maximum atomic E-state index is 12.2. The van der Waals surface area contributed by atoms with Gasteiger partial charge < -0.3 is 15.4 Å². The Bertz CT molecular complexity index is 1130. The number of rotatable bonds is 7. The number of ether oxygens (including phenoxy) is 1. The molecule has 8 heteroatoms. The molecular formula is C23H20Cl2N2O4. The van der Waals surface area contributed by atoms with E-state index in [0.29, 0.717) is 5.02 Å². The minimum Gasteiger partial charge on any atom is -0.454 e. The van der Waals surface area contributed by atoms with Crippen LogP contribution in [0.5, 0.6) is 0 Å². The molecule has 1 unspecified atom stereocenters. The van der Waals surface area contributed by atoms with Crippen LogP contribution in [0.4, 0.5) is 0 Å².